The Morgan fingerprint density at radius 3 is 1.57 bits per heavy atom. The van der Waals surface area contributed by atoms with Gasteiger partial charge in [-0.3, -0.25) is 0 Å². The van der Waals surface area contributed by atoms with Gasteiger partial charge >= 0.3 is 0 Å². The van der Waals surface area contributed by atoms with Gasteiger partial charge in [-0.05, 0) is 86.0 Å². The molecule has 0 fully saturated rings. The molecule has 3 nitrogen and oxygen atoms in total. The quantitative estimate of drug-likeness (QED) is 0.187. The number of hydrogen-bond acceptors (Lipinski definition) is 4. The van der Waals surface area contributed by atoms with Gasteiger partial charge in [0.25, 0.3) is 0 Å². The predicted molar refractivity (Wildman–Crippen MR) is 208 cm³/mol. The highest BCUT2D eigenvalue weighted by Gasteiger charge is 2.50. The van der Waals surface area contributed by atoms with Gasteiger partial charge in [0.2, 0.25) is 0 Å². The fourth-order valence-corrected chi connectivity index (χ4v) is 10.7. The third-order valence-electron chi connectivity index (χ3n) is 11.4. The van der Waals surface area contributed by atoms with Crippen molar-refractivity contribution < 1.29 is 0 Å². The largest absolute Gasteiger partial charge is 0.208 e. The van der Waals surface area contributed by atoms with E-state index in [1.807, 2.05) is 30.0 Å². The summed E-state index contributed by atoms with van der Waals surface area (Å²) in [6.45, 7) is 9.42. The molecule has 3 aliphatic rings. The minimum atomic E-state index is -0.409. The van der Waals surface area contributed by atoms with Crippen molar-refractivity contribution in [3.05, 3.63) is 173 Å². The van der Waals surface area contributed by atoms with Gasteiger partial charge in [-0.25, -0.2) is 15.0 Å². The SMILES string of the molecule is CC1(C)CC(C)(C)c2cc(-c3nc(-c4ccccc4)nc(-c4ccc5c(c4)-c4ccccc4C54c5ccccc5Sc5ccccc54)n3)ccc21. The molecule has 0 radical (unpaired) electrons. The van der Waals surface area contributed by atoms with Crippen LogP contribution < -0.4 is 0 Å². The topological polar surface area (TPSA) is 38.7 Å². The summed E-state index contributed by atoms with van der Waals surface area (Å²) in [6.07, 6.45) is 1.11. The van der Waals surface area contributed by atoms with E-state index in [1.54, 1.807) is 0 Å². The average molecular weight is 676 g/mol. The molecule has 7 aromatic rings. The Bertz CT molecular complexity index is 2500. The smallest absolute Gasteiger partial charge is 0.164 e. The first-order valence-electron chi connectivity index (χ1n) is 17.8. The zero-order valence-corrected chi connectivity index (χ0v) is 30.1. The molecule has 0 N–H and O–H groups in total. The van der Waals surface area contributed by atoms with E-state index in [9.17, 15) is 0 Å². The molecular weight excluding hydrogens is 639 g/mol. The normalized spacial score (nSPS) is 16.5. The molecule has 1 aliphatic heterocycles. The molecule has 4 heteroatoms. The van der Waals surface area contributed by atoms with Crippen LogP contribution in [0.15, 0.2) is 149 Å². The molecule has 6 aromatic carbocycles. The van der Waals surface area contributed by atoms with Gasteiger partial charge in [-0.1, -0.05) is 155 Å². The van der Waals surface area contributed by atoms with Crippen molar-refractivity contribution in [3.63, 3.8) is 0 Å². The van der Waals surface area contributed by atoms with Crippen LogP contribution in [0.5, 0.6) is 0 Å². The van der Waals surface area contributed by atoms with Crippen LogP contribution in [0.4, 0.5) is 0 Å². The molecule has 10 rings (SSSR count). The standard InChI is InChI=1S/C47H37N3S/c1-45(2)28-46(3,4)39-27-31(23-25-36(39)45)44-49-42(29-14-6-5-7-15-29)48-43(50-44)30-22-24-35-33(26-30)32-16-8-9-17-34(32)47(35)37-18-10-12-20-40(37)51-41-21-13-11-19-38(41)47/h5-27H,28H2,1-4H3. The molecule has 0 atom stereocenters. The van der Waals surface area contributed by atoms with Crippen LogP contribution in [0, 0.1) is 0 Å². The summed E-state index contributed by atoms with van der Waals surface area (Å²) in [5, 5.41) is 0. The van der Waals surface area contributed by atoms with Gasteiger partial charge < -0.3 is 0 Å². The number of aromatic nitrogens is 3. The van der Waals surface area contributed by atoms with E-state index in [-0.39, 0.29) is 10.8 Å². The fourth-order valence-electron chi connectivity index (χ4n) is 9.48. The third-order valence-corrected chi connectivity index (χ3v) is 12.5. The summed E-state index contributed by atoms with van der Waals surface area (Å²) in [5.74, 6) is 2.06. The Balaban J connectivity index is 1.19. The van der Waals surface area contributed by atoms with Crippen LogP contribution in [0.1, 0.15) is 67.5 Å². The molecule has 51 heavy (non-hydrogen) atoms. The Morgan fingerprint density at radius 2 is 0.902 bits per heavy atom. The number of benzene rings is 6. The molecule has 2 aliphatic carbocycles. The van der Waals surface area contributed by atoms with Gasteiger partial charge in [0.15, 0.2) is 17.5 Å². The molecular formula is C47H37N3S. The summed E-state index contributed by atoms with van der Waals surface area (Å²) in [7, 11) is 0. The zero-order valence-electron chi connectivity index (χ0n) is 29.2. The van der Waals surface area contributed by atoms with Gasteiger partial charge in [-0.15, -0.1) is 0 Å². The maximum atomic E-state index is 5.24. The van der Waals surface area contributed by atoms with Gasteiger partial charge in [0.05, 0.1) is 5.41 Å². The second-order valence-electron chi connectivity index (χ2n) is 15.5. The van der Waals surface area contributed by atoms with Crippen molar-refractivity contribution in [3.8, 4) is 45.3 Å². The fraction of sp³-hybridized carbons (Fsp3) is 0.170. The van der Waals surface area contributed by atoms with Gasteiger partial charge in [0, 0.05) is 26.5 Å². The Kier molecular flexibility index (Phi) is 6.48. The highest BCUT2D eigenvalue weighted by atomic mass is 32.2. The van der Waals surface area contributed by atoms with Crippen molar-refractivity contribution in [1.29, 1.82) is 0 Å². The van der Waals surface area contributed by atoms with E-state index in [0.717, 1.165) is 23.1 Å². The van der Waals surface area contributed by atoms with E-state index < -0.39 is 5.41 Å². The molecule has 1 aromatic heterocycles. The second-order valence-corrected chi connectivity index (χ2v) is 16.6. The van der Waals surface area contributed by atoms with Crippen LogP contribution in [0.3, 0.4) is 0 Å². The maximum absolute atomic E-state index is 5.24. The lowest BCUT2D eigenvalue weighted by Crippen LogP contribution is -2.31. The van der Waals surface area contributed by atoms with Gasteiger partial charge in [0.1, 0.15) is 0 Å². The highest BCUT2D eigenvalue weighted by Crippen LogP contribution is 2.62. The Labute approximate surface area is 303 Å². The third kappa shape index (κ3) is 4.42. The van der Waals surface area contributed by atoms with Crippen LogP contribution in [0.25, 0.3) is 45.3 Å². The van der Waals surface area contributed by atoms with E-state index >= 15 is 0 Å². The maximum Gasteiger partial charge on any atom is 0.164 e. The van der Waals surface area contributed by atoms with E-state index in [4.69, 9.17) is 15.0 Å². The molecule has 0 unspecified atom stereocenters. The predicted octanol–water partition coefficient (Wildman–Crippen LogP) is 11.7. The van der Waals surface area contributed by atoms with Crippen molar-refractivity contribution >= 4 is 11.8 Å². The van der Waals surface area contributed by atoms with Gasteiger partial charge in [-0.2, -0.15) is 0 Å². The molecule has 0 bridgehead atoms. The monoisotopic (exact) mass is 675 g/mol. The molecule has 0 saturated heterocycles. The summed E-state index contributed by atoms with van der Waals surface area (Å²) >= 11 is 1.87. The number of fused-ring (bicyclic) bond motifs is 10. The van der Waals surface area contributed by atoms with E-state index in [0.29, 0.717) is 17.5 Å². The molecule has 2 heterocycles. The lowest BCUT2D eigenvalue weighted by atomic mass is 9.67. The Morgan fingerprint density at radius 1 is 0.412 bits per heavy atom. The first-order chi connectivity index (χ1) is 24.7. The molecule has 1 spiro atoms. The average Bonchev–Trinajstić information content (AvgIpc) is 3.55. The van der Waals surface area contributed by atoms with E-state index in [1.165, 1.54) is 54.3 Å². The molecule has 0 saturated carbocycles. The van der Waals surface area contributed by atoms with Crippen molar-refractivity contribution in [2.45, 2.75) is 60.2 Å². The first kappa shape index (κ1) is 30.5. The van der Waals surface area contributed by atoms with E-state index in [2.05, 4.69) is 149 Å². The number of hydrogen-bond donors (Lipinski definition) is 0. The van der Waals surface area contributed by atoms with Crippen molar-refractivity contribution in [1.82, 2.24) is 15.0 Å². The molecule has 0 amide bonds. The second kappa shape index (κ2) is 10.8. The van der Waals surface area contributed by atoms with Crippen LogP contribution in [-0.2, 0) is 16.2 Å². The van der Waals surface area contributed by atoms with Crippen LogP contribution in [-0.4, -0.2) is 15.0 Å². The lowest BCUT2D eigenvalue weighted by Gasteiger charge is -2.39. The number of nitrogens with zero attached hydrogens (tertiary/aromatic N) is 3. The molecule has 246 valence electrons. The minimum absolute atomic E-state index is 0.0746. The summed E-state index contributed by atoms with van der Waals surface area (Å²) in [6, 6.07) is 50.8. The van der Waals surface area contributed by atoms with Crippen LogP contribution in [0.2, 0.25) is 0 Å². The summed E-state index contributed by atoms with van der Waals surface area (Å²) in [4.78, 5) is 18.1. The summed E-state index contributed by atoms with van der Waals surface area (Å²) in [5.41, 5.74) is 13.4. The summed E-state index contributed by atoms with van der Waals surface area (Å²) < 4.78 is 0. The Hall–Kier alpha value is -5.32. The van der Waals surface area contributed by atoms with Crippen LogP contribution >= 0.6 is 11.8 Å². The minimum Gasteiger partial charge on any atom is -0.208 e. The zero-order chi connectivity index (χ0) is 34.5. The number of rotatable bonds is 3. The van der Waals surface area contributed by atoms with Crippen molar-refractivity contribution in [2.24, 2.45) is 0 Å². The highest BCUT2D eigenvalue weighted by molar-refractivity contribution is 7.99. The first-order valence-corrected chi connectivity index (χ1v) is 18.6. The lowest BCUT2D eigenvalue weighted by molar-refractivity contribution is 0.403. The van der Waals surface area contributed by atoms with Crippen molar-refractivity contribution in [2.75, 3.05) is 0 Å².